The summed E-state index contributed by atoms with van der Waals surface area (Å²) in [6, 6.07) is 21.4. The van der Waals surface area contributed by atoms with E-state index in [0.29, 0.717) is 5.56 Å². The first-order valence-corrected chi connectivity index (χ1v) is 8.18. The molecule has 0 spiro atoms. The van der Waals surface area contributed by atoms with E-state index < -0.39 is 0 Å². The van der Waals surface area contributed by atoms with E-state index in [4.69, 9.17) is 0 Å². The van der Waals surface area contributed by atoms with Crippen LogP contribution in [0.25, 0.3) is 10.9 Å². The maximum atomic E-state index is 12.6. The van der Waals surface area contributed by atoms with Crippen LogP contribution < -0.4 is 9.78 Å². The van der Waals surface area contributed by atoms with Crippen molar-refractivity contribution in [3.8, 4) is 0 Å². The molecule has 0 aliphatic rings. The van der Waals surface area contributed by atoms with Crippen LogP contribution in [0.3, 0.4) is 0 Å². The Balaban J connectivity index is 2.18. The van der Waals surface area contributed by atoms with Crippen molar-refractivity contribution in [1.29, 1.82) is 0 Å². The van der Waals surface area contributed by atoms with Gasteiger partial charge >= 0.3 is 0 Å². The minimum Gasteiger partial charge on any atom is -0.854 e. The summed E-state index contributed by atoms with van der Waals surface area (Å²) in [4.78, 5) is 0. The van der Waals surface area contributed by atoms with Gasteiger partial charge in [0.05, 0.1) is 5.90 Å². The molecule has 0 aliphatic heterocycles. The summed E-state index contributed by atoms with van der Waals surface area (Å²) < 4.78 is 1.80. The van der Waals surface area contributed by atoms with Gasteiger partial charge in [0.2, 0.25) is 11.2 Å². The molecule has 0 bridgehead atoms. The first-order valence-electron chi connectivity index (χ1n) is 8.18. The predicted molar refractivity (Wildman–Crippen MR) is 95.7 cm³/mol. The largest absolute Gasteiger partial charge is 0.854 e. The quantitative estimate of drug-likeness (QED) is 0.415. The van der Waals surface area contributed by atoms with Gasteiger partial charge in [-0.15, -0.1) is 0 Å². The zero-order valence-electron chi connectivity index (χ0n) is 14.4. The molecule has 3 nitrogen and oxygen atoms in total. The molecule has 0 fully saturated rings. The van der Waals surface area contributed by atoms with Gasteiger partial charge in [0.15, 0.2) is 0 Å². The normalized spacial score (nSPS) is 12.5. The lowest BCUT2D eigenvalue weighted by Gasteiger charge is -2.16. The molecule has 0 unspecified atom stereocenters. The number of hydrogen-bond donors (Lipinski definition) is 0. The van der Waals surface area contributed by atoms with E-state index in [0.717, 1.165) is 23.0 Å². The lowest BCUT2D eigenvalue weighted by molar-refractivity contribution is -0.663. The number of para-hydroxylation sites is 1. The smallest absolute Gasteiger partial charge is 0.245 e. The number of hydrogen-bond acceptors (Lipinski definition) is 2. The first-order chi connectivity index (χ1) is 11.4. The summed E-state index contributed by atoms with van der Waals surface area (Å²) in [6.07, 6.45) is 0.837. The molecular formula is C21H22N2O. The molecule has 3 heteroatoms. The summed E-state index contributed by atoms with van der Waals surface area (Å²) in [7, 11) is 0. The fourth-order valence-electron chi connectivity index (χ4n) is 2.76. The van der Waals surface area contributed by atoms with Crippen LogP contribution in [0.4, 0.5) is 0 Å². The van der Waals surface area contributed by atoms with Gasteiger partial charge in [0.25, 0.3) is 0 Å². The molecule has 1 aromatic heterocycles. The maximum Gasteiger partial charge on any atom is 0.245 e. The van der Waals surface area contributed by atoms with E-state index in [1.54, 1.807) is 16.8 Å². The zero-order valence-corrected chi connectivity index (χ0v) is 14.4. The Morgan fingerprint density at radius 1 is 0.917 bits per heavy atom. The van der Waals surface area contributed by atoms with Crippen LogP contribution in [-0.2, 0) is 6.42 Å². The molecule has 0 radical (unpaired) electrons. The SMILES string of the molecule is CC(C)(C)Cc1ccc2ccccc2[n+]1/N=C(\[O-])c1ccccc1. The average Bonchev–Trinajstić information content (AvgIpc) is 2.56. The third kappa shape index (κ3) is 3.62. The van der Waals surface area contributed by atoms with Crippen LogP contribution in [0, 0.1) is 5.41 Å². The molecule has 1 heterocycles. The standard InChI is InChI=1S/C21H22N2O/c1-21(2,3)15-18-14-13-16-9-7-8-12-19(16)23(18)22-20(24)17-10-5-4-6-11-17/h4-14H,15H2,1-3H3. The second kappa shape index (κ2) is 6.44. The lowest BCUT2D eigenvalue weighted by atomic mass is 9.90. The van der Waals surface area contributed by atoms with Gasteiger partial charge in [0, 0.05) is 23.9 Å². The molecule has 0 saturated carbocycles. The van der Waals surface area contributed by atoms with E-state index in [9.17, 15) is 5.11 Å². The van der Waals surface area contributed by atoms with Crippen molar-refractivity contribution in [3.05, 3.63) is 78.0 Å². The zero-order chi connectivity index (χ0) is 17.2. The third-order valence-corrected chi connectivity index (χ3v) is 3.82. The topological polar surface area (TPSA) is 39.3 Å². The molecule has 3 rings (SSSR count). The Morgan fingerprint density at radius 2 is 1.58 bits per heavy atom. The highest BCUT2D eigenvalue weighted by molar-refractivity contribution is 5.90. The summed E-state index contributed by atoms with van der Waals surface area (Å²) in [5.41, 5.74) is 2.68. The van der Waals surface area contributed by atoms with Crippen LogP contribution in [0.2, 0.25) is 0 Å². The molecule has 0 N–H and O–H groups in total. The van der Waals surface area contributed by atoms with Gasteiger partial charge in [-0.3, -0.25) is 0 Å². The van der Waals surface area contributed by atoms with E-state index in [-0.39, 0.29) is 11.3 Å². The summed E-state index contributed by atoms with van der Waals surface area (Å²) >= 11 is 0. The van der Waals surface area contributed by atoms with Crippen molar-refractivity contribution in [2.75, 3.05) is 0 Å². The molecule has 122 valence electrons. The summed E-state index contributed by atoms with van der Waals surface area (Å²) in [5.74, 6) is -0.230. The van der Waals surface area contributed by atoms with E-state index in [1.807, 2.05) is 42.5 Å². The fraction of sp³-hybridized carbons (Fsp3) is 0.238. The predicted octanol–water partition coefficient (Wildman–Crippen LogP) is 3.29. The van der Waals surface area contributed by atoms with Gasteiger partial charge in [-0.1, -0.05) is 63.2 Å². The minimum absolute atomic E-state index is 0.107. The van der Waals surface area contributed by atoms with Crippen molar-refractivity contribution in [1.82, 2.24) is 0 Å². The maximum absolute atomic E-state index is 12.6. The second-order valence-corrected chi connectivity index (χ2v) is 7.20. The first kappa shape index (κ1) is 16.2. The van der Waals surface area contributed by atoms with Crippen LogP contribution >= 0.6 is 0 Å². The number of rotatable bonds is 3. The Bertz CT molecular complexity index is 877. The molecule has 0 amide bonds. The fourth-order valence-corrected chi connectivity index (χ4v) is 2.76. The van der Waals surface area contributed by atoms with Gasteiger partial charge in [-0.2, -0.15) is 0 Å². The van der Waals surface area contributed by atoms with Crippen LogP contribution in [0.1, 0.15) is 32.0 Å². The van der Waals surface area contributed by atoms with E-state index in [1.165, 1.54) is 0 Å². The highest BCUT2D eigenvalue weighted by Crippen LogP contribution is 2.20. The van der Waals surface area contributed by atoms with Crippen molar-refractivity contribution in [2.45, 2.75) is 27.2 Å². The molecule has 0 aliphatic carbocycles. The molecule has 0 saturated heterocycles. The summed E-state index contributed by atoms with van der Waals surface area (Å²) in [5, 5.41) is 18.1. The van der Waals surface area contributed by atoms with Crippen molar-refractivity contribution >= 4 is 16.8 Å². The van der Waals surface area contributed by atoms with Crippen molar-refractivity contribution < 1.29 is 9.78 Å². The monoisotopic (exact) mass is 318 g/mol. The number of fused-ring (bicyclic) bond motifs is 1. The molecular weight excluding hydrogens is 296 g/mol. The van der Waals surface area contributed by atoms with Crippen molar-refractivity contribution in [2.24, 2.45) is 10.5 Å². The molecule has 2 aromatic carbocycles. The van der Waals surface area contributed by atoms with E-state index in [2.05, 4.69) is 38.0 Å². The van der Waals surface area contributed by atoms with Gasteiger partial charge in [0.1, 0.15) is 0 Å². The van der Waals surface area contributed by atoms with Crippen molar-refractivity contribution in [3.63, 3.8) is 0 Å². The average molecular weight is 318 g/mol. The molecule has 24 heavy (non-hydrogen) atoms. The van der Waals surface area contributed by atoms with E-state index >= 15 is 0 Å². The Morgan fingerprint density at radius 3 is 2.29 bits per heavy atom. The lowest BCUT2D eigenvalue weighted by Crippen LogP contribution is -2.39. The van der Waals surface area contributed by atoms with Crippen LogP contribution in [-0.4, -0.2) is 5.90 Å². The molecule has 0 atom stereocenters. The number of nitrogens with zero attached hydrogens (tertiary/aromatic N) is 2. The van der Waals surface area contributed by atoms with Crippen LogP contribution in [0.15, 0.2) is 71.8 Å². The highest BCUT2D eigenvalue weighted by atomic mass is 16.3. The number of pyridine rings is 1. The van der Waals surface area contributed by atoms with Gasteiger partial charge < -0.3 is 5.11 Å². The van der Waals surface area contributed by atoms with Gasteiger partial charge in [-0.25, -0.2) is 0 Å². The Kier molecular flexibility index (Phi) is 4.34. The van der Waals surface area contributed by atoms with Gasteiger partial charge in [-0.05, 0) is 32.9 Å². The van der Waals surface area contributed by atoms with Crippen LogP contribution in [0.5, 0.6) is 0 Å². The minimum atomic E-state index is -0.230. The third-order valence-electron chi connectivity index (χ3n) is 3.82. The molecule has 3 aromatic rings. The number of aromatic nitrogens is 1. The Labute approximate surface area is 142 Å². The Hall–Kier alpha value is -2.68. The summed E-state index contributed by atoms with van der Waals surface area (Å²) in [6.45, 7) is 6.56. The highest BCUT2D eigenvalue weighted by Gasteiger charge is 2.22. The number of benzene rings is 2. The second-order valence-electron chi connectivity index (χ2n) is 7.20.